The molecule has 0 unspecified atom stereocenters. The molecule has 1 aliphatic rings. The summed E-state index contributed by atoms with van der Waals surface area (Å²) in [5.41, 5.74) is 0.576. The van der Waals surface area contributed by atoms with E-state index < -0.39 is 16.7 Å². The van der Waals surface area contributed by atoms with Gasteiger partial charge in [0.25, 0.3) is 5.69 Å². The first kappa shape index (κ1) is 18.0. The van der Waals surface area contributed by atoms with E-state index in [1.165, 1.54) is 24.3 Å². The summed E-state index contributed by atoms with van der Waals surface area (Å²) >= 11 is 0. The second-order valence-corrected chi connectivity index (χ2v) is 5.63. The van der Waals surface area contributed by atoms with Crippen molar-refractivity contribution in [1.82, 2.24) is 0 Å². The minimum atomic E-state index is -0.752. The number of ether oxygens (including phenoxy) is 3. The Hall–Kier alpha value is -2.32. The van der Waals surface area contributed by atoms with Gasteiger partial charge in [-0.2, -0.15) is 0 Å². The van der Waals surface area contributed by atoms with Crippen molar-refractivity contribution in [2.24, 2.45) is 0 Å². The Bertz CT molecular complexity index is 605. The van der Waals surface area contributed by atoms with Gasteiger partial charge in [0.05, 0.1) is 18.1 Å². The van der Waals surface area contributed by atoms with Crippen LogP contribution in [-0.4, -0.2) is 35.7 Å². The lowest BCUT2D eigenvalue weighted by Crippen LogP contribution is -2.26. The molecule has 0 aliphatic carbocycles. The maximum Gasteiger partial charge on any atom is 0.313 e. The highest BCUT2D eigenvalue weighted by Crippen LogP contribution is 2.24. The van der Waals surface area contributed by atoms with Crippen molar-refractivity contribution in [2.75, 3.05) is 13.2 Å². The van der Waals surface area contributed by atoms with Crippen LogP contribution in [0.2, 0.25) is 0 Å². The van der Waals surface area contributed by atoms with E-state index in [2.05, 4.69) is 0 Å². The van der Waals surface area contributed by atoms with Crippen molar-refractivity contribution in [3.63, 3.8) is 0 Å². The monoisotopic (exact) mass is 337 g/mol. The summed E-state index contributed by atoms with van der Waals surface area (Å²) in [6, 6.07) is 5.67. The summed E-state index contributed by atoms with van der Waals surface area (Å²) in [4.78, 5) is 33.5. The number of rotatable bonds is 8. The molecule has 8 nitrogen and oxygen atoms in total. The zero-order valence-electron chi connectivity index (χ0n) is 13.4. The first-order valence-electron chi connectivity index (χ1n) is 7.56. The smallest absolute Gasteiger partial charge is 0.313 e. The SMILES string of the molecule is CC1(CCC(=O)CC(=O)OCc2ccc([N+](=O)[O-])cc2)OCCO1. The molecule has 0 N–H and O–H groups in total. The lowest BCUT2D eigenvalue weighted by molar-refractivity contribution is -0.384. The van der Waals surface area contributed by atoms with Crippen LogP contribution in [0.15, 0.2) is 24.3 Å². The Morgan fingerprint density at radius 1 is 1.25 bits per heavy atom. The van der Waals surface area contributed by atoms with Crippen LogP contribution in [0.1, 0.15) is 31.7 Å². The third kappa shape index (κ3) is 5.39. The Balaban J connectivity index is 1.70. The minimum Gasteiger partial charge on any atom is -0.460 e. The van der Waals surface area contributed by atoms with E-state index in [0.717, 1.165) is 0 Å². The van der Waals surface area contributed by atoms with Crippen LogP contribution in [-0.2, 0) is 30.4 Å². The Kier molecular flexibility index (Phi) is 5.99. The van der Waals surface area contributed by atoms with Gasteiger partial charge in [0.1, 0.15) is 18.8 Å². The highest BCUT2D eigenvalue weighted by Gasteiger charge is 2.31. The Labute approximate surface area is 138 Å². The molecular formula is C16H19NO7. The van der Waals surface area contributed by atoms with Crippen LogP contribution in [0.4, 0.5) is 5.69 Å². The topological polar surface area (TPSA) is 105 Å². The van der Waals surface area contributed by atoms with Gasteiger partial charge in [-0.25, -0.2) is 0 Å². The number of carbonyl (C=O) groups excluding carboxylic acids is 2. The number of nitro groups is 1. The van der Waals surface area contributed by atoms with Crippen LogP contribution in [0.5, 0.6) is 0 Å². The van der Waals surface area contributed by atoms with Crippen LogP contribution in [0.3, 0.4) is 0 Å². The number of hydrogen-bond acceptors (Lipinski definition) is 7. The van der Waals surface area contributed by atoms with Crippen LogP contribution in [0.25, 0.3) is 0 Å². The number of carbonyl (C=O) groups is 2. The number of benzene rings is 1. The van der Waals surface area contributed by atoms with E-state index in [1.54, 1.807) is 6.92 Å². The molecule has 1 heterocycles. The average molecular weight is 337 g/mol. The number of ketones is 1. The molecule has 1 fully saturated rings. The molecule has 0 saturated carbocycles. The quantitative estimate of drug-likeness (QED) is 0.310. The van der Waals surface area contributed by atoms with Gasteiger partial charge in [-0.1, -0.05) is 0 Å². The number of hydrogen-bond donors (Lipinski definition) is 0. The maximum absolute atomic E-state index is 11.8. The number of non-ortho nitro benzene ring substituents is 1. The van der Waals surface area contributed by atoms with Gasteiger partial charge in [-0.3, -0.25) is 19.7 Å². The Morgan fingerprint density at radius 2 is 1.88 bits per heavy atom. The summed E-state index contributed by atoms with van der Waals surface area (Å²) < 4.78 is 15.8. The summed E-state index contributed by atoms with van der Waals surface area (Å²) in [5, 5.41) is 10.5. The van der Waals surface area contributed by atoms with Gasteiger partial charge in [-0.05, 0) is 24.6 Å². The molecule has 0 radical (unpaired) electrons. The normalized spacial score (nSPS) is 15.9. The third-order valence-electron chi connectivity index (χ3n) is 3.64. The largest absolute Gasteiger partial charge is 0.460 e. The third-order valence-corrected chi connectivity index (χ3v) is 3.64. The molecule has 130 valence electrons. The highest BCUT2D eigenvalue weighted by molar-refractivity contribution is 5.95. The van der Waals surface area contributed by atoms with Crippen molar-refractivity contribution in [1.29, 1.82) is 0 Å². The number of Topliss-reactive ketones (excluding diaryl/α,β-unsaturated/α-hetero) is 1. The van der Waals surface area contributed by atoms with Gasteiger partial charge in [0.2, 0.25) is 0 Å². The molecule has 0 bridgehead atoms. The summed E-state index contributed by atoms with van der Waals surface area (Å²) in [7, 11) is 0. The standard InChI is InChI=1S/C16H19NO7/c1-16(23-8-9-24-16)7-6-14(18)10-15(19)22-11-12-2-4-13(5-3-12)17(20)21/h2-5H,6-11H2,1H3. The zero-order chi connectivity index (χ0) is 17.6. The van der Waals surface area contributed by atoms with Crippen molar-refractivity contribution in [3.8, 4) is 0 Å². The minimum absolute atomic E-state index is 0.0337. The summed E-state index contributed by atoms with van der Waals surface area (Å²) in [6.07, 6.45) is 0.244. The molecule has 1 aromatic carbocycles. The van der Waals surface area contributed by atoms with Gasteiger partial charge >= 0.3 is 5.97 Å². The van der Waals surface area contributed by atoms with Crippen molar-refractivity contribution in [2.45, 2.75) is 38.6 Å². The predicted octanol–water partition coefficient (Wildman–Crippen LogP) is 2.14. The van der Waals surface area contributed by atoms with E-state index in [9.17, 15) is 19.7 Å². The number of nitro benzene ring substituents is 1. The van der Waals surface area contributed by atoms with E-state index in [4.69, 9.17) is 14.2 Å². The molecule has 24 heavy (non-hydrogen) atoms. The predicted molar refractivity (Wildman–Crippen MR) is 82.1 cm³/mol. The molecule has 1 saturated heterocycles. The number of esters is 1. The van der Waals surface area contributed by atoms with E-state index in [-0.39, 0.29) is 30.9 Å². The first-order valence-corrected chi connectivity index (χ1v) is 7.56. The van der Waals surface area contributed by atoms with Crippen molar-refractivity contribution >= 4 is 17.4 Å². The molecular weight excluding hydrogens is 318 g/mol. The van der Waals surface area contributed by atoms with Crippen molar-refractivity contribution in [3.05, 3.63) is 39.9 Å². The lowest BCUT2D eigenvalue weighted by atomic mass is 10.1. The molecule has 0 spiro atoms. The Morgan fingerprint density at radius 3 is 2.46 bits per heavy atom. The molecule has 2 rings (SSSR count). The fourth-order valence-electron chi connectivity index (χ4n) is 2.25. The lowest BCUT2D eigenvalue weighted by Gasteiger charge is -2.21. The number of nitrogens with zero attached hydrogens (tertiary/aromatic N) is 1. The van der Waals surface area contributed by atoms with E-state index in [1.807, 2.05) is 0 Å². The van der Waals surface area contributed by atoms with Gasteiger partial charge in [-0.15, -0.1) is 0 Å². The molecule has 1 aromatic rings. The van der Waals surface area contributed by atoms with Gasteiger partial charge in [0, 0.05) is 25.0 Å². The second kappa shape index (κ2) is 7.98. The second-order valence-electron chi connectivity index (χ2n) is 5.63. The highest BCUT2D eigenvalue weighted by atomic mass is 16.7. The van der Waals surface area contributed by atoms with Crippen LogP contribution < -0.4 is 0 Å². The van der Waals surface area contributed by atoms with Crippen LogP contribution in [0, 0.1) is 10.1 Å². The molecule has 0 aromatic heterocycles. The fraction of sp³-hybridized carbons (Fsp3) is 0.500. The van der Waals surface area contributed by atoms with E-state index in [0.29, 0.717) is 25.2 Å². The summed E-state index contributed by atoms with van der Waals surface area (Å²) in [6.45, 7) is 2.73. The molecule has 0 amide bonds. The molecule has 8 heteroatoms. The van der Waals surface area contributed by atoms with Crippen molar-refractivity contribution < 1.29 is 28.7 Å². The molecule has 1 aliphatic heterocycles. The zero-order valence-corrected chi connectivity index (χ0v) is 13.4. The van der Waals surface area contributed by atoms with Crippen LogP contribution >= 0.6 is 0 Å². The van der Waals surface area contributed by atoms with Gasteiger partial charge < -0.3 is 14.2 Å². The van der Waals surface area contributed by atoms with E-state index >= 15 is 0 Å². The fourth-order valence-corrected chi connectivity index (χ4v) is 2.25. The first-order chi connectivity index (χ1) is 11.4. The summed E-state index contributed by atoms with van der Waals surface area (Å²) in [5.74, 6) is -1.63. The maximum atomic E-state index is 11.8. The average Bonchev–Trinajstić information content (AvgIpc) is 2.98. The van der Waals surface area contributed by atoms with Gasteiger partial charge in [0.15, 0.2) is 5.79 Å². The molecule has 0 atom stereocenters.